The highest BCUT2D eigenvalue weighted by molar-refractivity contribution is 9.10. The number of likely N-dealkylation sites (tertiary alicyclic amines) is 1. The fraction of sp³-hybridized carbons (Fsp3) is 0.333. The van der Waals surface area contributed by atoms with E-state index in [2.05, 4.69) is 25.9 Å². The Bertz CT molecular complexity index is 1150. The van der Waals surface area contributed by atoms with Crippen LogP contribution < -0.4 is 0 Å². The summed E-state index contributed by atoms with van der Waals surface area (Å²) in [5.41, 5.74) is 3.19. The number of halogens is 3. The van der Waals surface area contributed by atoms with Gasteiger partial charge in [0.05, 0.1) is 11.0 Å². The summed E-state index contributed by atoms with van der Waals surface area (Å²) in [5.74, 6) is -1.30. The number of hydrogen-bond donors (Lipinski definition) is 1. The lowest BCUT2D eigenvalue weighted by molar-refractivity contribution is 0.0236. The third kappa shape index (κ3) is 4.85. The van der Waals surface area contributed by atoms with Crippen molar-refractivity contribution in [2.45, 2.75) is 39.2 Å². The van der Waals surface area contributed by atoms with Gasteiger partial charge >= 0.3 is 6.09 Å². The monoisotopic (exact) mass is 503 g/mol. The Kier molecular flexibility index (Phi) is 6.07. The van der Waals surface area contributed by atoms with Crippen LogP contribution >= 0.6 is 15.9 Å². The van der Waals surface area contributed by atoms with Crippen LogP contribution in [-0.4, -0.2) is 39.7 Å². The van der Waals surface area contributed by atoms with Crippen molar-refractivity contribution < 1.29 is 18.3 Å². The summed E-state index contributed by atoms with van der Waals surface area (Å²) < 4.78 is 33.9. The topological polar surface area (TPSA) is 58.2 Å². The van der Waals surface area contributed by atoms with Crippen molar-refractivity contribution in [3.63, 3.8) is 0 Å². The first-order valence-electron chi connectivity index (χ1n) is 10.4. The minimum absolute atomic E-state index is 0.323. The maximum atomic E-state index is 13.7. The Morgan fingerprint density at radius 1 is 1.09 bits per heavy atom. The summed E-state index contributed by atoms with van der Waals surface area (Å²) in [6.07, 6.45) is 0.964. The molecule has 0 saturated carbocycles. The second-order valence-corrected chi connectivity index (χ2v) is 9.74. The van der Waals surface area contributed by atoms with Crippen molar-refractivity contribution >= 4 is 38.6 Å². The molecule has 1 aliphatic rings. The Morgan fingerprint density at radius 3 is 2.34 bits per heavy atom. The number of benzene rings is 2. The van der Waals surface area contributed by atoms with Gasteiger partial charge in [-0.1, -0.05) is 33.6 Å². The Morgan fingerprint density at radius 2 is 1.72 bits per heavy atom. The van der Waals surface area contributed by atoms with Crippen molar-refractivity contribution in [2.75, 3.05) is 13.1 Å². The molecule has 8 heteroatoms. The van der Waals surface area contributed by atoms with Gasteiger partial charge in [-0.3, -0.25) is 0 Å². The Labute approximate surface area is 193 Å². The van der Waals surface area contributed by atoms with E-state index >= 15 is 0 Å². The molecule has 4 rings (SSSR count). The van der Waals surface area contributed by atoms with Crippen molar-refractivity contribution in [2.24, 2.45) is 0 Å². The van der Waals surface area contributed by atoms with Crippen molar-refractivity contribution in [3.05, 3.63) is 69.5 Å². The molecule has 0 radical (unpaired) electrons. The van der Waals surface area contributed by atoms with Gasteiger partial charge in [0.15, 0.2) is 11.6 Å². The standard InChI is InChI=1S/C24H24BrF2N3O2/c1-24(2,3)32-23(31)30-10-8-15(9-11-30)21(14-4-6-16(25)7-5-14)22-28-19-12-17(26)18(27)13-20(19)29-22/h4-7,12-13H,8-11H2,1-3H3,(H,28,29). The average molecular weight is 504 g/mol. The van der Waals surface area contributed by atoms with E-state index in [0.29, 0.717) is 42.8 Å². The number of nitrogens with zero attached hydrogens (tertiary/aromatic N) is 2. The minimum Gasteiger partial charge on any atom is -0.444 e. The summed E-state index contributed by atoms with van der Waals surface area (Å²) in [5, 5.41) is 0. The zero-order valence-electron chi connectivity index (χ0n) is 18.1. The maximum Gasteiger partial charge on any atom is 0.410 e. The molecule has 1 amide bonds. The first-order chi connectivity index (χ1) is 15.1. The molecule has 0 atom stereocenters. The highest BCUT2D eigenvalue weighted by Crippen LogP contribution is 2.33. The molecule has 2 heterocycles. The quantitative estimate of drug-likeness (QED) is 0.437. The summed E-state index contributed by atoms with van der Waals surface area (Å²) in [6.45, 7) is 6.58. The number of amides is 1. The fourth-order valence-electron chi connectivity index (χ4n) is 3.78. The van der Waals surface area contributed by atoms with Crippen LogP contribution in [0.3, 0.4) is 0 Å². The second-order valence-electron chi connectivity index (χ2n) is 8.82. The van der Waals surface area contributed by atoms with E-state index in [1.165, 1.54) is 0 Å². The number of aromatic nitrogens is 2. The van der Waals surface area contributed by atoms with Crippen LogP contribution in [0.15, 0.2) is 46.4 Å². The third-order valence-electron chi connectivity index (χ3n) is 5.27. The number of imidazole rings is 1. The number of carbonyl (C=O) groups excluding carboxylic acids is 1. The molecule has 0 unspecified atom stereocenters. The van der Waals surface area contributed by atoms with Crippen molar-refractivity contribution in [1.29, 1.82) is 0 Å². The van der Waals surface area contributed by atoms with E-state index in [4.69, 9.17) is 4.74 Å². The van der Waals surface area contributed by atoms with E-state index < -0.39 is 17.2 Å². The van der Waals surface area contributed by atoms with Crippen LogP contribution in [0.4, 0.5) is 13.6 Å². The van der Waals surface area contributed by atoms with Crippen LogP contribution in [0, 0.1) is 11.6 Å². The summed E-state index contributed by atoms with van der Waals surface area (Å²) in [4.78, 5) is 21.8. The van der Waals surface area contributed by atoms with E-state index in [-0.39, 0.29) is 6.09 Å². The molecule has 0 bridgehead atoms. The smallest absolute Gasteiger partial charge is 0.410 e. The molecule has 32 heavy (non-hydrogen) atoms. The van der Waals surface area contributed by atoms with Crippen LogP contribution in [0.25, 0.3) is 16.6 Å². The van der Waals surface area contributed by atoms with Gasteiger partial charge in [0.25, 0.3) is 0 Å². The fourth-order valence-corrected chi connectivity index (χ4v) is 4.05. The zero-order chi connectivity index (χ0) is 23.0. The molecule has 2 aromatic carbocycles. The SMILES string of the molecule is CC(C)(C)OC(=O)N1CCC(=C(c2ccc(Br)cc2)c2nc3cc(F)c(F)cc3[nH]2)CC1. The van der Waals surface area contributed by atoms with Gasteiger partial charge < -0.3 is 14.6 Å². The van der Waals surface area contributed by atoms with E-state index in [0.717, 1.165) is 33.3 Å². The molecule has 1 aliphatic heterocycles. The van der Waals surface area contributed by atoms with E-state index in [1.807, 2.05) is 45.0 Å². The number of carbonyl (C=O) groups is 1. The number of fused-ring (bicyclic) bond motifs is 1. The second kappa shape index (κ2) is 8.65. The molecule has 5 nitrogen and oxygen atoms in total. The Balaban J connectivity index is 1.71. The minimum atomic E-state index is -0.931. The lowest BCUT2D eigenvalue weighted by Gasteiger charge is -2.31. The predicted octanol–water partition coefficient (Wildman–Crippen LogP) is 6.44. The van der Waals surface area contributed by atoms with Crippen molar-refractivity contribution in [1.82, 2.24) is 14.9 Å². The molecule has 3 aromatic rings. The van der Waals surface area contributed by atoms with E-state index in [9.17, 15) is 13.6 Å². The highest BCUT2D eigenvalue weighted by atomic mass is 79.9. The molecular weight excluding hydrogens is 480 g/mol. The van der Waals surface area contributed by atoms with Crippen LogP contribution in [0.2, 0.25) is 0 Å². The van der Waals surface area contributed by atoms with Gasteiger partial charge in [-0.15, -0.1) is 0 Å². The van der Waals surface area contributed by atoms with Crippen LogP contribution in [-0.2, 0) is 4.74 Å². The average Bonchev–Trinajstić information content (AvgIpc) is 3.11. The number of H-pyrrole nitrogens is 1. The molecule has 168 valence electrons. The molecule has 1 fully saturated rings. The van der Waals surface area contributed by atoms with Gasteiger partial charge in [-0.05, 0) is 51.3 Å². The molecule has 1 aromatic heterocycles. The van der Waals surface area contributed by atoms with Crippen LogP contribution in [0.5, 0.6) is 0 Å². The molecule has 0 spiro atoms. The van der Waals surface area contributed by atoms with Crippen molar-refractivity contribution in [3.8, 4) is 0 Å². The van der Waals surface area contributed by atoms with Crippen LogP contribution in [0.1, 0.15) is 45.0 Å². The number of piperidine rings is 1. The number of nitrogens with one attached hydrogen (secondary N) is 1. The molecule has 1 N–H and O–H groups in total. The summed E-state index contributed by atoms with van der Waals surface area (Å²) in [7, 11) is 0. The first kappa shape index (κ1) is 22.5. The molecule has 0 aliphatic carbocycles. The molecular formula is C24H24BrF2N3O2. The number of rotatable bonds is 2. The Hall–Kier alpha value is -2.74. The lowest BCUT2D eigenvalue weighted by atomic mass is 9.92. The number of aromatic amines is 1. The first-order valence-corrected chi connectivity index (χ1v) is 11.2. The maximum absolute atomic E-state index is 13.7. The number of ether oxygens (including phenoxy) is 1. The largest absolute Gasteiger partial charge is 0.444 e. The van der Waals surface area contributed by atoms with Gasteiger partial charge in [-0.2, -0.15) is 0 Å². The summed E-state index contributed by atoms with van der Waals surface area (Å²) >= 11 is 3.46. The van der Waals surface area contributed by atoms with Gasteiger partial charge in [0, 0.05) is 35.3 Å². The summed E-state index contributed by atoms with van der Waals surface area (Å²) in [6, 6.07) is 10.0. The zero-order valence-corrected chi connectivity index (χ0v) is 19.7. The molecule has 1 saturated heterocycles. The predicted molar refractivity (Wildman–Crippen MR) is 123 cm³/mol. The number of hydrogen-bond acceptors (Lipinski definition) is 3. The lowest BCUT2D eigenvalue weighted by Crippen LogP contribution is -2.40. The van der Waals surface area contributed by atoms with Gasteiger partial charge in [0.2, 0.25) is 0 Å². The highest BCUT2D eigenvalue weighted by Gasteiger charge is 2.27. The van der Waals surface area contributed by atoms with Gasteiger partial charge in [0.1, 0.15) is 11.4 Å². The third-order valence-corrected chi connectivity index (χ3v) is 5.79. The normalized spacial score (nSPS) is 14.7. The van der Waals surface area contributed by atoms with Gasteiger partial charge in [-0.25, -0.2) is 18.6 Å². The van der Waals surface area contributed by atoms with E-state index in [1.54, 1.807) is 4.90 Å².